The first-order valence-corrected chi connectivity index (χ1v) is 4.00. The number of nitrogens with zero attached hydrogens (tertiary/aromatic N) is 1. The Labute approximate surface area is 72.9 Å². The van der Waals surface area contributed by atoms with Gasteiger partial charge in [-0.25, -0.2) is 0 Å². The van der Waals surface area contributed by atoms with Gasteiger partial charge in [0, 0.05) is 5.38 Å². The van der Waals surface area contributed by atoms with Crippen LogP contribution in [-0.2, 0) is 4.79 Å². The molecule has 0 spiro atoms. The zero-order chi connectivity index (χ0) is 8.97. The molecule has 0 atom stereocenters. The Morgan fingerprint density at radius 3 is 3.00 bits per heavy atom. The third kappa shape index (κ3) is 1.79. The standard InChI is InChI=1S/C6H7N3O2S/c1-4-5(2-12-9-4)6(11)8-7-3-10/h2-3H,1H3,(H,7,10)(H,8,11). The fourth-order valence-corrected chi connectivity index (χ4v) is 1.36. The second kappa shape index (κ2) is 3.82. The van der Waals surface area contributed by atoms with Crippen LogP contribution in [0.5, 0.6) is 0 Å². The summed E-state index contributed by atoms with van der Waals surface area (Å²) in [6, 6.07) is 0. The Bertz CT molecular complexity index is 297. The Morgan fingerprint density at radius 2 is 2.50 bits per heavy atom. The number of aryl methyl sites for hydroxylation is 1. The molecule has 0 saturated heterocycles. The van der Waals surface area contributed by atoms with E-state index in [-0.39, 0.29) is 5.91 Å². The first-order valence-electron chi connectivity index (χ1n) is 3.16. The van der Waals surface area contributed by atoms with Crippen molar-refractivity contribution in [3.8, 4) is 0 Å². The van der Waals surface area contributed by atoms with Gasteiger partial charge in [-0.3, -0.25) is 20.4 Å². The first-order chi connectivity index (χ1) is 5.75. The van der Waals surface area contributed by atoms with Crippen molar-refractivity contribution >= 4 is 23.8 Å². The normalized spacial score (nSPS) is 9.08. The monoisotopic (exact) mass is 185 g/mol. The average Bonchev–Trinajstić information content (AvgIpc) is 2.47. The molecule has 5 nitrogen and oxygen atoms in total. The minimum Gasteiger partial charge on any atom is -0.277 e. The highest BCUT2D eigenvalue weighted by atomic mass is 32.1. The van der Waals surface area contributed by atoms with Crippen LogP contribution in [0.1, 0.15) is 16.1 Å². The maximum atomic E-state index is 11.1. The van der Waals surface area contributed by atoms with Crippen molar-refractivity contribution < 1.29 is 9.59 Å². The lowest BCUT2D eigenvalue weighted by molar-refractivity contribution is -0.110. The molecule has 0 aliphatic rings. The maximum absolute atomic E-state index is 11.1. The van der Waals surface area contributed by atoms with E-state index in [0.717, 1.165) is 0 Å². The van der Waals surface area contributed by atoms with E-state index >= 15 is 0 Å². The molecule has 0 bridgehead atoms. The van der Waals surface area contributed by atoms with Crippen LogP contribution >= 0.6 is 11.5 Å². The molecule has 12 heavy (non-hydrogen) atoms. The van der Waals surface area contributed by atoms with Gasteiger partial charge in [-0.2, -0.15) is 4.37 Å². The Kier molecular flexibility index (Phi) is 2.76. The minimum absolute atomic E-state index is 0.353. The van der Waals surface area contributed by atoms with Crippen molar-refractivity contribution in [2.45, 2.75) is 6.92 Å². The summed E-state index contributed by atoms with van der Waals surface area (Å²) in [6.07, 6.45) is 0.396. The summed E-state index contributed by atoms with van der Waals surface area (Å²) >= 11 is 1.20. The number of aromatic nitrogens is 1. The lowest BCUT2D eigenvalue weighted by atomic mass is 10.3. The van der Waals surface area contributed by atoms with Crippen LogP contribution in [-0.4, -0.2) is 16.7 Å². The van der Waals surface area contributed by atoms with Gasteiger partial charge in [-0.1, -0.05) is 0 Å². The van der Waals surface area contributed by atoms with Gasteiger partial charge in [-0.15, -0.1) is 0 Å². The van der Waals surface area contributed by atoms with Gasteiger partial charge in [0.15, 0.2) is 0 Å². The Morgan fingerprint density at radius 1 is 1.75 bits per heavy atom. The second-order valence-electron chi connectivity index (χ2n) is 2.03. The summed E-state index contributed by atoms with van der Waals surface area (Å²) in [5.41, 5.74) is 5.38. The lowest BCUT2D eigenvalue weighted by Crippen LogP contribution is -2.36. The predicted octanol–water partition coefficient (Wildman–Crippen LogP) is -0.158. The van der Waals surface area contributed by atoms with E-state index in [1.54, 1.807) is 12.3 Å². The number of rotatable bonds is 3. The molecule has 0 aromatic carbocycles. The molecule has 0 saturated carbocycles. The molecule has 0 radical (unpaired) electrons. The Hall–Kier alpha value is -1.43. The van der Waals surface area contributed by atoms with E-state index in [4.69, 9.17) is 0 Å². The van der Waals surface area contributed by atoms with Gasteiger partial charge in [0.25, 0.3) is 5.91 Å². The number of hydrogen-bond acceptors (Lipinski definition) is 4. The zero-order valence-electron chi connectivity index (χ0n) is 6.33. The third-order valence-corrected chi connectivity index (χ3v) is 1.96. The van der Waals surface area contributed by atoms with Crippen LogP contribution in [0.15, 0.2) is 5.38 Å². The summed E-state index contributed by atoms with van der Waals surface area (Å²) in [4.78, 5) is 20.9. The highest BCUT2D eigenvalue weighted by molar-refractivity contribution is 7.03. The van der Waals surface area contributed by atoms with Crippen molar-refractivity contribution in [1.29, 1.82) is 0 Å². The van der Waals surface area contributed by atoms with Gasteiger partial charge in [-0.05, 0) is 18.5 Å². The van der Waals surface area contributed by atoms with Crippen LogP contribution in [0.4, 0.5) is 0 Å². The third-order valence-electron chi connectivity index (χ3n) is 1.24. The minimum atomic E-state index is -0.353. The molecule has 64 valence electrons. The van der Waals surface area contributed by atoms with Gasteiger partial charge in [0.1, 0.15) is 0 Å². The highest BCUT2D eigenvalue weighted by Gasteiger charge is 2.09. The molecular weight excluding hydrogens is 178 g/mol. The predicted molar refractivity (Wildman–Crippen MR) is 43.5 cm³/mol. The first kappa shape index (κ1) is 8.66. The highest BCUT2D eigenvalue weighted by Crippen LogP contribution is 2.07. The quantitative estimate of drug-likeness (QED) is 0.508. The molecule has 2 N–H and O–H groups in total. The molecule has 6 heteroatoms. The molecule has 1 aromatic heterocycles. The molecule has 0 fully saturated rings. The van der Waals surface area contributed by atoms with Crippen LogP contribution in [0.3, 0.4) is 0 Å². The van der Waals surface area contributed by atoms with E-state index in [1.165, 1.54) is 11.5 Å². The molecule has 0 unspecified atom stereocenters. The Balaban J connectivity index is 2.65. The molecule has 1 aromatic rings. The number of carbonyl (C=O) groups is 2. The van der Waals surface area contributed by atoms with Crippen LogP contribution in [0.25, 0.3) is 0 Å². The number of hydrogen-bond donors (Lipinski definition) is 2. The summed E-state index contributed by atoms with van der Waals surface area (Å²) in [6.45, 7) is 1.73. The van der Waals surface area contributed by atoms with Crippen molar-refractivity contribution in [3.63, 3.8) is 0 Å². The van der Waals surface area contributed by atoms with E-state index in [0.29, 0.717) is 17.7 Å². The van der Waals surface area contributed by atoms with Gasteiger partial charge < -0.3 is 0 Å². The van der Waals surface area contributed by atoms with Crippen LogP contribution in [0, 0.1) is 6.92 Å². The molecule has 0 aliphatic carbocycles. The summed E-state index contributed by atoms with van der Waals surface area (Å²) < 4.78 is 3.91. The molecular formula is C6H7N3O2S. The number of hydrazine groups is 1. The van der Waals surface area contributed by atoms with E-state index in [9.17, 15) is 9.59 Å². The van der Waals surface area contributed by atoms with Crippen molar-refractivity contribution in [2.24, 2.45) is 0 Å². The SMILES string of the molecule is Cc1nscc1C(=O)NNC=O. The fraction of sp³-hybridized carbons (Fsp3) is 0.167. The maximum Gasteiger partial charge on any atom is 0.272 e. The number of carbonyl (C=O) groups excluding carboxylic acids is 2. The molecule has 1 heterocycles. The van der Waals surface area contributed by atoms with Crippen molar-refractivity contribution in [1.82, 2.24) is 15.2 Å². The zero-order valence-corrected chi connectivity index (χ0v) is 7.14. The van der Waals surface area contributed by atoms with E-state index in [1.807, 2.05) is 0 Å². The largest absolute Gasteiger partial charge is 0.277 e. The van der Waals surface area contributed by atoms with Crippen molar-refractivity contribution in [2.75, 3.05) is 0 Å². The lowest BCUT2D eigenvalue weighted by Gasteiger charge is -1.99. The molecule has 2 amide bonds. The smallest absolute Gasteiger partial charge is 0.272 e. The number of amides is 2. The van der Waals surface area contributed by atoms with Crippen molar-refractivity contribution in [3.05, 3.63) is 16.6 Å². The average molecular weight is 185 g/mol. The van der Waals surface area contributed by atoms with Crippen LogP contribution < -0.4 is 10.9 Å². The van der Waals surface area contributed by atoms with Gasteiger partial charge in [0.05, 0.1) is 11.3 Å². The second-order valence-corrected chi connectivity index (χ2v) is 2.66. The van der Waals surface area contributed by atoms with E-state index in [2.05, 4.69) is 15.2 Å². The summed E-state index contributed by atoms with van der Waals surface area (Å²) in [5, 5.41) is 1.62. The van der Waals surface area contributed by atoms with E-state index < -0.39 is 0 Å². The summed E-state index contributed by atoms with van der Waals surface area (Å²) in [7, 11) is 0. The fourth-order valence-electron chi connectivity index (χ4n) is 0.673. The molecule has 0 aliphatic heterocycles. The topological polar surface area (TPSA) is 71.1 Å². The van der Waals surface area contributed by atoms with Gasteiger partial charge in [0.2, 0.25) is 6.41 Å². The van der Waals surface area contributed by atoms with Gasteiger partial charge >= 0.3 is 0 Å². The number of nitrogens with one attached hydrogen (secondary N) is 2. The molecule has 1 rings (SSSR count). The van der Waals surface area contributed by atoms with Crippen LogP contribution in [0.2, 0.25) is 0 Å². The summed E-state index contributed by atoms with van der Waals surface area (Å²) in [5.74, 6) is -0.353.